The van der Waals surface area contributed by atoms with E-state index in [1.807, 2.05) is 24.3 Å². The Kier molecular flexibility index (Phi) is 4.72. The highest BCUT2D eigenvalue weighted by Crippen LogP contribution is 2.17. The average Bonchev–Trinajstić information content (AvgIpc) is 2.29. The number of carbonyl (C=O) groups excluding carboxylic acids is 1. The summed E-state index contributed by atoms with van der Waals surface area (Å²) in [4.78, 5) is 11.6. The number of methoxy groups -OCH3 is 1. The summed E-state index contributed by atoms with van der Waals surface area (Å²) in [5.41, 5.74) is 0.835. The predicted octanol–water partition coefficient (Wildman–Crippen LogP) is 0.858. The maximum Gasteiger partial charge on any atom is 0.230 e. The highest BCUT2D eigenvalue weighted by atomic mass is 32.1. The molecule has 1 amide bonds. The molecule has 86 valence electrons. The molecule has 0 radical (unpaired) electrons. The Balaban J connectivity index is 2.65. The summed E-state index contributed by atoms with van der Waals surface area (Å²) in [7, 11) is 3.24. The molecule has 16 heavy (non-hydrogen) atoms. The second-order valence-electron chi connectivity index (χ2n) is 3.12. The molecule has 0 saturated carbocycles. The standard InChI is InChI=1S/C11H14N2O2S/c1-12-11(16)13-10(14)7-8-5-3-4-6-9(8)15-2/h3-6H,7H2,1-2H3,(H2,12,13,14,16). The zero-order chi connectivity index (χ0) is 12.0. The van der Waals surface area contributed by atoms with Gasteiger partial charge in [-0.1, -0.05) is 18.2 Å². The maximum atomic E-state index is 11.6. The summed E-state index contributed by atoms with van der Waals surface area (Å²) in [6.45, 7) is 0. The number of para-hydroxylation sites is 1. The molecule has 0 aliphatic heterocycles. The molecule has 1 rings (SSSR count). The molecule has 0 fully saturated rings. The Hall–Kier alpha value is -1.62. The van der Waals surface area contributed by atoms with Crippen LogP contribution in [-0.2, 0) is 11.2 Å². The van der Waals surface area contributed by atoms with E-state index < -0.39 is 0 Å². The first kappa shape index (κ1) is 12.4. The van der Waals surface area contributed by atoms with E-state index in [0.717, 1.165) is 5.56 Å². The van der Waals surface area contributed by atoms with Crippen LogP contribution < -0.4 is 15.4 Å². The molecule has 0 heterocycles. The molecule has 2 N–H and O–H groups in total. The lowest BCUT2D eigenvalue weighted by molar-refractivity contribution is -0.119. The van der Waals surface area contributed by atoms with Crippen LogP contribution in [-0.4, -0.2) is 25.2 Å². The molecule has 0 aliphatic rings. The number of ether oxygens (including phenoxy) is 1. The number of amides is 1. The van der Waals surface area contributed by atoms with Gasteiger partial charge in [0.25, 0.3) is 0 Å². The highest BCUT2D eigenvalue weighted by Gasteiger charge is 2.08. The summed E-state index contributed by atoms with van der Waals surface area (Å²) in [6.07, 6.45) is 0.242. The van der Waals surface area contributed by atoms with Gasteiger partial charge < -0.3 is 15.4 Å². The van der Waals surface area contributed by atoms with E-state index in [4.69, 9.17) is 17.0 Å². The van der Waals surface area contributed by atoms with Gasteiger partial charge in [-0.3, -0.25) is 4.79 Å². The first-order valence-corrected chi connectivity index (χ1v) is 5.21. The largest absolute Gasteiger partial charge is 0.496 e. The van der Waals surface area contributed by atoms with Crippen molar-refractivity contribution in [2.24, 2.45) is 0 Å². The van der Waals surface area contributed by atoms with E-state index >= 15 is 0 Å². The minimum atomic E-state index is -0.163. The van der Waals surface area contributed by atoms with Gasteiger partial charge in [0.1, 0.15) is 5.75 Å². The minimum Gasteiger partial charge on any atom is -0.496 e. The van der Waals surface area contributed by atoms with Crippen molar-refractivity contribution in [2.75, 3.05) is 14.2 Å². The lowest BCUT2D eigenvalue weighted by atomic mass is 10.1. The Labute approximate surface area is 100.0 Å². The van der Waals surface area contributed by atoms with Gasteiger partial charge >= 0.3 is 0 Å². The van der Waals surface area contributed by atoms with E-state index in [-0.39, 0.29) is 12.3 Å². The highest BCUT2D eigenvalue weighted by molar-refractivity contribution is 7.80. The summed E-state index contributed by atoms with van der Waals surface area (Å²) >= 11 is 4.83. The zero-order valence-electron chi connectivity index (χ0n) is 9.24. The van der Waals surface area contributed by atoms with Gasteiger partial charge in [-0.25, -0.2) is 0 Å². The SMILES string of the molecule is CNC(=S)NC(=O)Cc1ccccc1OC. The minimum absolute atomic E-state index is 0.163. The number of thiocarbonyl (C=S) groups is 1. The molecule has 0 unspecified atom stereocenters. The van der Waals surface area contributed by atoms with Crippen LogP contribution in [0.25, 0.3) is 0 Å². The number of rotatable bonds is 3. The third-order valence-corrected chi connectivity index (χ3v) is 2.33. The van der Waals surface area contributed by atoms with E-state index in [1.165, 1.54) is 0 Å². The molecular weight excluding hydrogens is 224 g/mol. The van der Waals surface area contributed by atoms with Crippen LogP contribution in [0.1, 0.15) is 5.56 Å². The molecule has 0 aliphatic carbocycles. The van der Waals surface area contributed by atoms with Crippen LogP contribution in [0.15, 0.2) is 24.3 Å². The topological polar surface area (TPSA) is 50.4 Å². The number of benzene rings is 1. The Bertz CT molecular complexity index is 393. The monoisotopic (exact) mass is 238 g/mol. The Morgan fingerprint density at radius 2 is 2.12 bits per heavy atom. The predicted molar refractivity (Wildman–Crippen MR) is 66.5 cm³/mol. The van der Waals surface area contributed by atoms with Gasteiger partial charge in [-0.05, 0) is 18.3 Å². The quantitative estimate of drug-likeness (QED) is 0.767. The third kappa shape index (κ3) is 3.51. The molecule has 0 spiro atoms. The summed E-state index contributed by atoms with van der Waals surface area (Å²) in [5, 5.41) is 5.55. The van der Waals surface area contributed by atoms with Crippen molar-refractivity contribution in [2.45, 2.75) is 6.42 Å². The number of hydrogen-bond acceptors (Lipinski definition) is 3. The summed E-state index contributed by atoms with van der Waals surface area (Å²) in [5.74, 6) is 0.539. The molecule has 0 atom stereocenters. The molecular formula is C11H14N2O2S. The second kappa shape index (κ2) is 6.07. The van der Waals surface area contributed by atoms with E-state index in [1.54, 1.807) is 14.2 Å². The molecule has 5 heteroatoms. The van der Waals surface area contributed by atoms with Gasteiger partial charge in [0.15, 0.2) is 5.11 Å². The fourth-order valence-corrected chi connectivity index (χ4v) is 1.37. The first-order chi connectivity index (χ1) is 7.67. The van der Waals surface area contributed by atoms with Gasteiger partial charge in [0, 0.05) is 12.6 Å². The van der Waals surface area contributed by atoms with Crippen LogP contribution >= 0.6 is 12.2 Å². The van der Waals surface area contributed by atoms with E-state index in [9.17, 15) is 4.79 Å². The van der Waals surface area contributed by atoms with Crippen LogP contribution in [0, 0.1) is 0 Å². The number of carbonyl (C=O) groups is 1. The summed E-state index contributed by atoms with van der Waals surface area (Å²) < 4.78 is 5.15. The van der Waals surface area contributed by atoms with Crippen molar-refractivity contribution in [1.82, 2.24) is 10.6 Å². The van der Waals surface area contributed by atoms with Crippen molar-refractivity contribution >= 4 is 23.2 Å². The summed E-state index contributed by atoms with van der Waals surface area (Å²) in [6, 6.07) is 7.39. The Morgan fingerprint density at radius 3 is 2.75 bits per heavy atom. The first-order valence-electron chi connectivity index (χ1n) is 4.81. The van der Waals surface area contributed by atoms with Gasteiger partial charge in [-0.15, -0.1) is 0 Å². The van der Waals surface area contributed by atoms with Crippen molar-refractivity contribution in [1.29, 1.82) is 0 Å². The van der Waals surface area contributed by atoms with Crippen molar-refractivity contribution in [3.63, 3.8) is 0 Å². The molecule has 0 bridgehead atoms. The number of hydrogen-bond donors (Lipinski definition) is 2. The Morgan fingerprint density at radius 1 is 1.44 bits per heavy atom. The number of nitrogens with one attached hydrogen (secondary N) is 2. The maximum absolute atomic E-state index is 11.6. The lowest BCUT2D eigenvalue weighted by Crippen LogP contribution is -2.38. The van der Waals surface area contributed by atoms with Crippen molar-refractivity contribution < 1.29 is 9.53 Å². The molecule has 1 aromatic rings. The van der Waals surface area contributed by atoms with Crippen LogP contribution in [0.5, 0.6) is 5.75 Å². The van der Waals surface area contributed by atoms with Gasteiger partial charge in [0.2, 0.25) is 5.91 Å². The van der Waals surface area contributed by atoms with E-state index in [0.29, 0.717) is 10.9 Å². The van der Waals surface area contributed by atoms with Crippen LogP contribution in [0.3, 0.4) is 0 Å². The van der Waals surface area contributed by atoms with Crippen LogP contribution in [0.4, 0.5) is 0 Å². The fourth-order valence-electron chi connectivity index (χ4n) is 1.26. The van der Waals surface area contributed by atoms with Crippen molar-refractivity contribution in [3.05, 3.63) is 29.8 Å². The van der Waals surface area contributed by atoms with Gasteiger partial charge in [-0.2, -0.15) is 0 Å². The van der Waals surface area contributed by atoms with Gasteiger partial charge in [0.05, 0.1) is 13.5 Å². The van der Waals surface area contributed by atoms with Crippen LogP contribution in [0.2, 0.25) is 0 Å². The van der Waals surface area contributed by atoms with Crippen molar-refractivity contribution in [3.8, 4) is 5.75 Å². The van der Waals surface area contributed by atoms with E-state index in [2.05, 4.69) is 10.6 Å². The third-order valence-electron chi connectivity index (χ3n) is 2.02. The molecule has 0 aromatic heterocycles. The fraction of sp³-hybridized carbons (Fsp3) is 0.273. The second-order valence-corrected chi connectivity index (χ2v) is 3.52. The molecule has 1 aromatic carbocycles. The smallest absolute Gasteiger partial charge is 0.230 e. The lowest BCUT2D eigenvalue weighted by Gasteiger charge is -2.08. The zero-order valence-corrected chi connectivity index (χ0v) is 10.1. The normalized spacial score (nSPS) is 9.38. The molecule has 4 nitrogen and oxygen atoms in total. The molecule has 0 saturated heterocycles. The average molecular weight is 238 g/mol.